The average molecular weight is 254 g/mol. The minimum Gasteiger partial charge on any atom is -0.300 e. The molecule has 0 saturated heterocycles. The molecule has 2 heterocycles. The van der Waals surface area contributed by atoms with Gasteiger partial charge in [-0.1, -0.05) is 12.1 Å². The second kappa shape index (κ2) is 6.00. The van der Waals surface area contributed by atoms with Crippen LogP contribution < -0.4 is 0 Å². The third kappa shape index (κ3) is 3.31. The molecule has 0 spiro atoms. The molecular weight excluding hydrogens is 240 g/mol. The molecule has 0 aliphatic heterocycles. The molecule has 0 saturated carbocycles. The molecule has 96 valence electrons. The first kappa shape index (κ1) is 13.1. The van der Waals surface area contributed by atoms with Gasteiger partial charge in [-0.15, -0.1) is 0 Å². The van der Waals surface area contributed by atoms with Crippen molar-refractivity contribution in [3.05, 3.63) is 60.2 Å². The Hall–Kier alpha value is -2.36. The smallest absolute Gasteiger partial charge is 0.155 e. The predicted octanol–water partition coefficient (Wildman–Crippen LogP) is 2.16. The topological polar surface area (TPSA) is 59.9 Å². The summed E-state index contributed by atoms with van der Waals surface area (Å²) in [6.45, 7) is 1.41. The summed E-state index contributed by atoms with van der Waals surface area (Å²) in [5.41, 5.74) is 1.24. The number of hydrogen-bond donors (Lipinski definition) is 0. The summed E-state index contributed by atoms with van der Waals surface area (Å²) < 4.78 is 0. The number of ketones is 2. The normalized spacial score (nSPS) is 10.4. The fourth-order valence-electron chi connectivity index (χ4n) is 1.92. The van der Waals surface area contributed by atoms with Gasteiger partial charge in [0, 0.05) is 12.4 Å². The highest BCUT2D eigenvalue weighted by molar-refractivity contribution is 6.02. The number of rotatable bonds is 5. The molecule has 2 aromatic rings. The Labute approximate surface area is 111 Å². The Bertz CT molecular complexity index is 528. The number of aromatic nitrogens is 2. The first-order valence-electron chi connectivity index (χ1n) is 6.02. The van der Waals surface area contributed by atoms with Crippen LogP contribution in [0.1, 0.15) is 30.7 Å². The van der Waals surface area contributed by atoms with Gasteiger partial charge in [-0.25, -0.2) is 0 Å². The number of Topliss-reactive ketones (excluding diaryl/α,β-unsaturated/α-hetero) is 2. The van der Waals surface area contributed by atoms with E-state index in [0.29, 0.717) is 11.4 Å². The van der Waals surface area contributed by atoms with Crippen molar-refractivity contribution in [1.29, 1.82) is 0 Å². The van der Waals surface area contributed by atoms with Crippen molar-refractivity contribution in [3.8, 4) is 0 Å². The van der Waals surface area contributed by atoms with Gasteiger partial charge in [0.2, 0.25) is 0 Å². The maximum Gasteiger partial charge on any atom is 0.155 e. The Morgan fingerprint density at radius 3 is 1.89 bits per heavy atom. The molecule has 0 aliphatic carbocycles. The third-order valence-corrected chi connectivity index (χ3v) is 2.71. The van der Waals surface area contributed by atoms with Crippen molar-refractivity contribution in [1.82, 2.24) is 9.97 Å². The van der Waals surface area contributed by atoms with E-state index in [-0.39, 0.29) is 18.0 Å². The summed E-state index contributed by atoms with van der Waals surface area (Å²) in [5.74, 6) is -0.905. The lowest BCUT2D eigenvalue weighted by molar-refractivity contribution is -0.126. The second-order valence-corrected chi connectivity index (χ2v) is 4.29. The highest BCUT2D eigenvalue weighted by atomic mass is 16.1. The summed E-state index contributed by atoms with van der Waals surface area (Å²) in [6, 6.07) is 10.8. The number of carbonyl (C=O) groups is 2. The quantitative estimate of drug-likeness (QED) is 0.767. The highest BCUT2D eigenvalue weighted by Crippen LogP contribution is 2.23. The summed E-state index contributed by atoms with van der Waals surface area (Å²) in [5, 5.41) is 0. The van der Waals surface area contributed by atoms with Crippen LogP contribution in [0, 0.1) is 0 Å². The van der Waals surface area contributed by atoms with E-state index in [2.05, 4.69) is 9.97 Å². The molecule has 4 nitrogen and oxygen atoms in total. The maximum absolute atomic E-state index is 12.3. The van der Waals surface area contributed by atoms with E-state index >= 15 is 0 Å². The molecule has 0 bridgehead atoms. The fraction of sp³-hybridized carbons (Fsp3) is 0.200. The number of nitrogens with zero attached hydrogens (tertiary/aromatic N) is 2. The van der Waals surface area contributed by atoms with Gasteiger partial charge >= 0.3 is 0 Å². The molecule has 0 atom stereocenters. The van der Waals surface area contributed by atoms with Crippen LogP contribution in [-0.2, 0) is 9.59 Å². The van der Waals surface area contributed by atoms with Gasteiger partial charge in [0.15, 0.2) is 5.78 Å². The molecule has 0 unspecified atom stereocenters. The van der Waals surface area contributed by atoms with Crippen LogP contribution in [0.2, 0.25) is 0 Å². The average Bonchev–Trinajstić information content (AvgIpc) is 2.40. The van der Waals surface area contributed by atoms with Crippen molar-refractivity contribution in [2.45, 2.75) is 19.3 Å². The van der Waals surface area contributed by atoms with E-state index in [9.17, 15) is 9.59 Å². The molecule has 0 amide bonds. The molecule has 2 rings (SSSR count). The second-order valence-electron chi connectivity index (χ2n) is 4.29. The van der Waals surface area contributed by atoms with Crippen LogP contribution in [0.15, 0.2) is 48.8 Å². The zero-order chi connectivity index (χ0) is 13.7. The summed E-state index contributed by atoms with van der Waals surface area (Å²) in [4.78, 5) is 31.8. The van der Waals surface area contributed by atoms with Crippen LogP contribution >= 0.6 is 0 Å². The van der Waals surface area contributed by atoms with Gasteiger partial charge < -0.3 is 0 Å². The number of carbonyl (C=O) groups excluding carboxylic acids is 2. The first-order chi connectivity index (χ1) is 9.18. The van der Waals surface area contributed by atoms with E-state index in [1.165, 1.54) is 6.92 Å². The van der Waals surface area contributed by atoms with Gasteiger partial charge in [-0.2, -0.15) is 0 Å². The van der Waals surface area contributed by atoms with Crippen molar-refractivity contribution < 1.29 is 9.59 Å². The molecule has 0 radical (unpaired) electrons. The highest BCUT2D eigenvalue weighted by Gasteiger charge is 2.25. The van der Waals surface area contributed by atoms with Crippen LogP contribution in [0.4, 0.5) is 0 Å². The fourth-order valence-corrected chi connectivity index (χ4v) is 1.92. The van der Waals surface area contributed by atoms with Crippen molar-refractivity contribution in [2.24, 2.45) is 0 Å². The lowest BCUT2D eigenvalue weighted by Crippen LogP contribution is -2.18. The Balaban J connectivity index is 2.40. The maximum atomic E-state index is 12.3. The lowest BCUT2D eigenvalue weighted by atomic mass is 9.92. The third-order valence-electron chi connectivity index (χ3n) is 2.71. The van der Waals surface area contributed by atoms with Gasteiger partial charge in [0.25, 0.3) is 0 Å². The van der Waals surface area contributed by atoms with Crippen molar-refractivity contribution >= 4 is 11.6 Å². The van der Waals surface area contributed by atoms with Gasteiger partial charge in [-0.05, 0) is 31.2 Å². The minimum atomic E-state index is -0.578. The van der Waals surface area contributed by atoms with Gasteiger partial charge in [0.05, 0.1) is 17.8 Å². The van der Waals surface area contributed by atoms with Gasteiger partial charge in [-0.3, -0.25) is 19.6 Å². The van der Waals surface area contributed by atoms with E-state index < -0.39 is 5.92 Å². The summed E-state index contributed by atoms with van der Waals surface area (Å²) in [7, 11) is 0. The molecule has 0 aromatic carbocycles. The van der Waals surface area contributed by atoms with Crippen molar-refractivity contribution in [2.75, 3.05) is 0 Å². The Kier molecular flexibility index (Phi) is 4.13. The van der Waals surface area contributed by atoms with E-state index in [1.807, 2.05) is 12.1 Å². The standard InChI is InChI=1S/C15H14N2O2/c1-11(18)10-14(19)15(12-6-2-4-8-16-12)13-7-3-5-9-17-13/h2-9,15H,10H2,1H3. The first-order valence-corrected chi connectivity index (χ1v) is 6.02. The van der Waals surface area contributed by atoms with Crippen LogP contribution in [0.3, 0.4) is 0 Å². The molecular formula is C15H14N2O2. The zero-order valence-corrected chi connectivity index (χ0v) is 10.6. The van der Waals surface area contributed by atoms with Crippen LogP contribution in [0.25, 0.3) is 0 Å². The van der Waals surface area contributed by atoms with E-state index in [1.54, 1.807) is 36.7 Å². The summed E-state index contributed by atoms with van der Waals surface area (Å²) in [6.07, 6.45) is 3.16. The largest absolute Gasteiger partial charge is 0.300 e. The molecule has 0 fully saturated rings. The Morgan fingerprint density at radius 1 is 1.00 bits per heavy atom. The number of hydrogen-bond acceptors (Lipinski definition) is 4. The number of pyridine rings is 2. The summed E-state index contributed by atoms with van der Waals surface area (Å²) >= 11 is 0. The van der Waals surface area contributed by atoms with E-state index in [4.69, 9.17) is 0 Å². The zero-order valence-electron chi connectivity index (χ0n) is 10.6. The Morgan fingerprint density at radius 2 is 1.53 bits per heavy atom. The van der Waals surface area contributed by atoms with Crippen molar-refractivity contribution in [3.63, 3.8) is 0 Å². The lowest BCUT2D eigenvalue weighted by Gasteiger charge is -2.14. The van der Waals surface area contributed by atoms with E-state index in [0.717, 1.165) is 0 Å². The molecule has 0 aliphatic rings. The monoisotopic (exact) mass is 254 g/mol. The molecule has 0 N–H and O–H groups in total. The SMILES string of the molecule is CC(=O)CC(=O)C(c1ccccn1)c1ccccn1. The molecule has 4 heteroatoms. The van der Waals surface area contributed by atoms with Crippen LogP contribution in [0.5, 0.6) is 0 Å². The van der Waals surface area contributed by atoms with Crippen LogP contribution in [-0.4, -0.2) is 21.5 Å². The molecule has 2 aromatic heterocycles. The minimum absolute atomic E-state index is 0.0994. The van der Waals surface area contributed by atoms with Gasteiger partial charge in [0.1, 0.15) is 11.7 Å². The predicted molar refractivity (Wildman–Crippen MR) is 70.6 cm³/mol. The molecule has 19 heavy (non-hydrogen) atoms.